The van der Waals surface area contributed by atoms with Crippen molar-refractivity contribution in [3.8, 4) is 0 Å². The Kier molecular flexibility index (Phi) is 4.54. The van der Waals surface area contributed by atoms with E-state index in [0.717, 1.165) is 29.4 Å². The minimum absolute atomic E-state index is 0.00669. The molecule has 1 fully saturated rings. The highest BCUT2D eigenvalue weighted by atomic mass is 79.9. The summed E-state index contributed by atoms with van der Waals surface area (Å²) in [4.78, 5) is 10.3. The molecule has 0 spiro atoms. The van der Waals surface area contributed by atoms with E-state index in [-0.39, 0.29) is 11.3 Å². The molecule has 1 aromatic carbocycles. The Hall–Kier alpha value is -0.980. The average molecular weight is 329 g/mol. The molecule has 0 atom stereocenters. The van der Waals surface area contributed by atoms with E-state index >= 15 is 0 Å². The van der Waals surface area contributed by atoms with Crippen molar-refractivity contribution in [2.45, 2.75) is 31.4 Å². The number of benzene rings is 1. The molecule has 0 unspecified atom stereocenters. The van der Waals surface area contributed by atoms with Crippen molar-refractivity contribution in [2.24, 2.45) is 0 Å². The van der Waals surface area contributed by atoms with E-state index in [2.05, 4.69) is 21.2 Å². The lowest BCUT2D eigenvalue weighted by atomic mass is 9.80. The fraction of sp³-hybridized carbons (Fsp3) is 0.538. The molecular weight excluding hydrogens is 312 g/mol. The summed E-state index contributed by atoms with van der Waals surface area (Å²) in [6.45, 7) is 1.48. The molecule has 0 saturated heterocycles. The van der Waals surface area contributed by atoms with E-state index in [1.54, 1.807) is 13.2 Å². The summed E-state index contributed by atoms with van der Waals surface area (Å²) < 4.78 is 6.29. The van der Waals surface area contributed by atoms with Crippen LogP contribution in [-0.2, 0) is 11.3 Å². The lowest BCUT2D eigenvalue weighted by Crippen LogP contribution is -2.47. The minimum Gasteiger partial charge on any atom is -0.377 e. The van der Waals surface area contributed by atoms with Gasteiger partial charge in [0.1, 0.15) is 0 Å². The molecule has 1 N–H and O–H groups in total. The van der Waals surface area contributed by atoms with Gasteiger partial charge in [0.2, 0.25) is 0 Å². The molecular formula is C13H17BrN2O3. The number of hydrogen-bond donors (Lipinski definition) is 1. The van der Waals surface area contributed by atoms with E-state index in [0.29, 0.717) is 6.54 Å². The molecule has 2 rings (SSSR count). The Balaban J connectivity index is 1.91. The third-order valence-electron chi connectivity index (χ3n) is 3.71. The normalized spacial score (nSPS) is 16.9. The van der Waals surface area contributed by atoms with Gasteiger partial charge in [0.25, 0.3) is 5.69 Å². The fourth-order valence-corrected chi connectivity index (χ4v) is 2.75. The molecule has 0 bridgehead atoms. The summed E-state index contributed by atoms with van der Waals surface area (Å²) in [7, 11) is 1.75. The smallest absolute Gasteiger partial charge is 0.270 e. The van der Waals surface area contributed by atoms with Crippen LogP contribution in [0.4, 0.5) is 5.69 Å². The van der Waals surface area contributed by atoms with Crippen LogP contribution in [0, 0.1) is 10.1 Å². The lowest BCUT2D eigenvalue weighted by Gasteiger charge is -2.40. The summed E-state index contributed by atoms with van der Waals surface area (Å²) in [5.41, 5.74) is 1.10. The molecule has 104 valence electrons. The fourth-order valence-electron chi connectivity index (χ4n) is 2.24. The summed E-state index contributed by atoms with van der Waals surface area (Å²) in [5, 5.41) is 14.0. The maximum atomic E-state index is 10.6. The van der Waals surface area contributed by atoms with E-state index in [1.807, 2.05) is 0 Å². The van der Waals surface area contributed by atoms with Crippen LogP contribution in [0.5, 0.6) is 0 Å². The first-order valence-electron chi connectivity index (χ1n) is 6.25. The molecule has 1 aromatic rings. The predicted octanol–water partition coefficient (Wildman–Crippen LogP) is 3.02. The van der Waals surface area contributed by atoms with Crippen molar-refractivity contribution in [1.82, 2.24) is 5.32 Å². The molecule has 6 heteroatoms. The van der Waals surface area contributed by atoms with Crippen molar-refractivity contribution in [2.75, 3.05) is 13.7 Å². The van der Waals surface area contributed by atoms with Gasteiger partial charge >= 0.3 is 0 Å². The first-order valence-corrected chi connectivity index (χ1v) is 7.04. The van der Waals surface area contributed by atoms with Gasteiger partial charge in [-0.3, -0.25) is 10.1 Å². The third-order valence-corrected chi connectivity index (χ3v) is 4.45. The van der Waals surface area contributed by atoms with Gasteiger partial charge in [0.15, 0.2) is 0 Å². The molecule has 0 amide bonds. The van der Waals surface area contributed by atoms with Crippen molar-refractivity contribution < 1.29 is 9.66 Å². The molecule has 0 aromatic heterocycles. The number of ether oxygens (including phenoxy) is 1. The van der Waals surface area contributed by atoms with E-state index in [1.165, 1.54) is 18.6 Å². The SMILES string of the molecule is COC1(CNCc2ccc([N+](=O)[O-])cc2Br)CCC1. The van der Waals surface area contributed by atoms with Gasteiger partial charge in [-0.25, -0.2) is 0 Å². The van der Waals surface area contributed by atoms with Gasteiger partial charge in [-0.2, -0.15) is 0 Å². The molecule has 0 aliphatic heterocycles. The third kappa shape index (κ3) is 3.32. The van der Waals surface area contributed by atoms with Crippen LogP contribution in [0.2, 0.25) is 0 Å². The van der Waals surface area contributed by atoms with Crippen molar-refractivity contribution in [3.63, 3.8) is 0 Å². The quantitative estimate of drug-likeness (QED) is 0.644. The van der Waals surface area contributed by atoms with Crippen LogP contribution in [0.3, 0.4) is 0 Å². The van der Waals surface area contributed by atoms with Gasteiger partial charge in [-0.1, -0.05) is 15.9 Å². The zero-order chi connectivity index (χ0) is 13.9. The number of non-ortho nitro benzene ring substituents is 1. The second kappa shape index (κ2) is 5.98. The van der Waals surface area contributed by atoms with Crippen molar-refractivity contribution in [3.05, 3.63) is 38.3 Å². The number of halogens is 1. The maximum absolute atomic E-state index is 10.6. The van der Waals surface area contributed by atoms with Crippen LogP contribution in [-0.4, -0.2) is 24.2 Å². The Morgan fingerprint density at radius 1 is 1.53 bits per heavy atom. The number of hydrogen-bond acceptors (Lipinski definition) is 4. The molecule has 1 aliphatic carbocycles. The Morgan fingerprint density at radius 2 is 2.26 bits per heavy atom. The average Bonchev–Trinajstić information content (AvgIpc) is 2.34. The van der Waals surface area contributed by atoms with Gasteiger partial charge in [-0.15, -0.1) is 0 Å². The number of nitro groups is 1. The largest absolute Gasteiger partial charge is 0.377 e. The second-order valence-corrected chi connectivity index (χ2v) is 5.73. The Labute approximate surface area is 120 Å². The summed E-state index contributed by atoms with van der Waals surface area (Å²) in [6.07, 6.45) is 3.41. The Morgan fingerprint density at radius 3 is 2.74 bits per heavy atom. The van der Waals surface area contributed by atoms with Gasteiger partial charge in [0.05, 0.1) is 10.5 Å². The van der Waals surface area contributed by atoms with Crippen molar-refractivity contribution >= 4 is 21.6 Å². The van der Waals surface area contributed by atoms with E-state index in [9.17, 15) is 10.1 Å². The molecule has 5 nitrogen and oxygen atoms in total. The molecule has 0 radical (unpaired) electrons. The number of nitro benzene ring substituents is 1. The predicted molar refractivity (Wildman–Crippen MR) is 76.1 cm³/mol. The van der Waals surface area contributed by atoms with Crippen LogP contribution in [0.15, 0.2) is 22.7 Å². The maximum Gasteiger partial charge on any atom is 0.270 e. The lowest BCUT2D eigenvalue weighted by molar-refractivity contribution is -0.384. The van der Waals surface area contributed by atoms with Crippen molar-refractivity contribution in [1.29, 1.82) is 0 Å². The molecule has 0 heterocycles. The standard InChI is InChI=1S/C13H17BrN2O3/c1-19-13(5-2-6-13)9-15-8-10-3-4-11(16(17)18)7-12(10)14/h3-4,7,15H,2,5-6,8-9H2,1H3. The highest BCUT2D eigenvalue weighted by Gasteiger charge is 2.36. The molecule has 1 saturated carbocycles. The van der Waals surface area contributed by atoms with Crippen LogP contribution in [0.1, 0.15) is 24.8 Å². The second-order valence-electron chi connectivity index (χ2n) is 4.88. The van der Waals surface area contributed by atoms with E-state index < -0.39 is 4.92 Å². The summed E-state index contributed by atoms with van der Waals surface area (Å²) >= 11 is 3.37. The van der Waals surface area contributed by atoms with Crippen LogP contribution >= 0.6 is 15.9 Å². The van der Waals surface area contributed by atoms with Crippen LogP contribution in [0.25, 0.3) is 0 Å². The molecule has 19 heavy (non-hydrogen) atoms. The van der Waals surface area contributed by atoms with Gasteiger partial charge < -0.3 is 10.1 Å². The molecule has 1 aliphatic rings. The highest BCUT2D eigenvalue weighted by molar-refractivity contribution is 9.10. The van der Waals surface area contributed by atoms with Gasteiger partial charge in [-0.05, 0) is 30.9 Å². The monoisotopic (exact) mass is 328 g/mol. The number of methoxy groups -OCH3 is 1. The summed E-state index contributed by atoms with van der Waals surface area (Å²) in [6, 6.07) is 4.83. The first kappa shape index (κ1) is 14.4. The summed E-state index contributed by atoms with van der Waals surface area (Å²) in [5.74, 6) is 0. The number of nitrogens with zero attached hydrogens (tertiary/aromatic N) is 1. The van der Waals surface area contributed by atoms with E-state index in [4.69, 9.17) is 4.74 Å². The number of nitrogens with one attached hydrogen (secondary N) is 1. The zero-order valence-electron chi connectivity index (χ0n) is 10.8. The first-order chi connectivity index (χ1) is 9.06. The Bertz CT molecular complexity index is 469. The number of rotatable bonds is 6. The minimum atomic E-state index is -0.393. The van der Waals surface area contributed by atoms with Gasteiger partial charge in [0, 0.05) is 36.8 Å². The zero-order valence-corrected chi connectivity index (χ0v) is 12.4. The van der Waals surface area contributed by atoms with Crippen LogP contribution < -0.4 is 5.32 Å². The highest BCUT2D eigenvalue weighted by Crippen LogP contribution is 2.34. The topological polar surface area (TPSA) is 64.4 Å².